The van der Waals surface area contributed by atoms with Gasteiger partial charge in [0.2, 0.25) is 0 Å². The third kappa shape index (κ3) is 2.17. The van der Waals surface area contributed by atoms with Gasteiger partial charge >= 0.3 is 0 Å². The van der Waals surface area contributed by atoms with Crippen LogP contribution in [-0.4, -0.2) is 9.78 Å². The number of nitriles is 1. The summed E-state index contributed by atoms with van der Waals surface area (Å²) in [7, 11) is 0. The van der Waals surface area contributed by atoms with E-state index in [2.05, 4.69) is 5.10 Å². The Kier molecular flexibility index (Phi) is 3.03. The summed E-state index contributed by atoms with van der Waals surface area (Å²) in [4.78, 5) is 0. The topological polar surface area (TPSA) is 67.6 Å². The summed E-state index contributed by atoms with van der Waals surface area (Å²) in [5.74, 6) is -0.161. The van der Waals surface area contributed by atoms with Crippen LogP contribution in [0.15, 0.2) is 24.3 Å². The van der Waals surface area contributed by atoms with Crippen LogP contribution in [-0.2, 0) is 5.54 Å². The van der Waals surface area contributed by atoms with Gasteiger partial charge in [-0.2, -0.15) is 10.4 Å². The first kappa shape index (κ1) is 13.1. The van der Waals surface area contributed by atoms with Gasteiger partial charge in [-0.15, -0.1) is 0 Å². The maximum atomic E-state index is 13.8. The molecule has 2 rings (SSSR count). The van der Waals surface area contributed by atoms with Crippen LogP contribution >= 0.6 is 0 Å². The minimum atomic E-state index is -0.419. The molecule has 0 aliphatic heterocycles. The minimum Gasteiger partial charge on any atom is -0.383 e. The smallest absolute Gasteiger partial charge is 0.141 e. The van der Waals surface area contributed by atoms with Crippen LogP contribution in [0.1, 0.15) is 26.3 Å². The molecule has 0 amide bonds. The lowest BCUT2D eigenvalue weighted by molar-refractivity contribution is 0.362. The molecule has 0 atom stereocenters. The highest BCUT2D eigenvalue weighted by atomic mass is 19.1. The van der Waals surface area contributed by atoms with Crippen molar-refractivity contribution in [1.29, 1.82) is 5.26 Å². The molecule has 0 saturated heterocycles. The second kappa shape index (κ2) is 4.39. The van der Waals surface area contributed by atoms with Gasteiger partial charge in [0, 0.05) is 5.56 Å². The first-order valence-electron chi connectivity index (χ1n) is 5.90. The summed E-state index contributed by atoms with van der Waals surface area (Å²) in [5.41, 5.74) is 6.35. The predicted molar refractivity (Wildman–Crippen MR) is 71.7 cm³/mol. The highest BCUT2D eigenvalue weighted by Gasteiger charge is 2.25. The van der Waals surface area contributed by atoms with Crippen LogP contribution in [0.5, 0.6) is 0 Å². The van der Waals surface area contributed by atoms with Crippen LogP contribution in [0, 0.1) is 17.1 Å². The summed E-state index contributed by atoms with van der Waals surface area (Å²) in [6, 6.07) is 8.22. The molecule has 98 valence electrons. The Morgan fingerprint density at radius 3 is 2.47 bits per heavy atom. The number of rotatable bonds is 1. The lowest BCUT2D eigenvalue weighted by atomic mass is 10.1. The Morgan fingerprint density at radius 1 is 1.32 bits per heavy atom. The molecular weight excluding hydrogens is 243 g/mol. The molecule has 1 heterocycles. The Hall–Kier alpha value is -2.35. The van der Waals surface area contributed by atoms with Crippen LogP contribution in [0.4, 0.5) is 10.2 Å². The predicted octanol–water partition coefficient (Wildman–Crippen LogP) is 2.90. The van der Waals surface area contributed by atoms with Crippen molar-refractivity contribution in [3.63, 3.8) is 0 Å². The summed E-state index contributed by atoms with van der Waals surface area (Å²) >= 11 is 0. The van der Waals surface area contributed by atoms with E-state index in [4.69, 9.17) is 5.73 Å². The van der Waals surface area contributed by atoms with Crippen LogP contribution in [0.3, 0.4) is 0 Å². The second-order valence-electron chi connectivity index (χ2n) is 5.28. The number of hydrogen-bond donors (Lipinski definition) is 1. The Labute approximate surface area is 111 Å². The van der Waals surface area contributed by atoms with Crippen LogP contribution in [0.25, 0.3) is 11.3 Å². The third-order valence-electron chi connectivity index (χ3n) is 2.80. The molecule has 0 saturated carbocycles. The van der Waals surface area contributed by atoms with Gasteiger partial charge in [0.15, 0.2) is 0 Å². The summed E-state index contributed by atoms with van der Waals surface area (Å²) < 4.78 is 15.4. The van der Waals surface area contributed by atoms with E-state index in [1.54, 1.807) is 22.9 Å². The molecule has 1 aromatic heterocycles. The van der Waals surface area contributed by atoms with Gasteiger partial charge < -0.3 is 5.73 Å². The van der Waals surface area contributed by atoms with E-state index in [9.17, 15) is 9.65 Å². The molecule has 1 aromatic carbocycles. The van der Waals surface area contributed by atoms with Crippen molar-refractivity contribution in [3.8, 4) is 17.3 Å². The fourth-order valence-corrected chi connectivity index (χ4v) is 1.89. The molecule has 0 aliphatic carbocycles. The van der Waals surface area contributed by atoms with Gasteiger partial charge in [-0.3, -0.25) is 0 Å². The number of benzene rings is 1. The average molecular weight is 258 g/mol. The number of aromatic nitrogens is 2. The van der Waals surface area contributed by atoms with Crippen molar-refractivity contribution in [2.45, 2.75) is 26.3 Å². The quantitative estimate of drug-likeness (QED) is 0.855. The van der Waals surface area contributed by atoms with Gasteiger partial charge in [0.1, 0.15) is 29.0 Å². The Bertz CT molecular complexity index is 659. The number of nitrogen functional groups attached to an aromatic ring is 1. The molecule has 5 heteroatoms. The highest BCUT2D eigenvalue weighted by molar-refractivity contribution is 5.73. The van der Waals surface area contributed by atoms with Crippen LogP contribution in [0.2, 0.25) is 0 Å². The molecular formula is C14H15FN4. The highest BCUT2D eigenvalue weighted by Crippen LogP contribution is 2.31. The molecule has 0 radical (unpaired) electrons. The van der Waals surface area contributed by atoms with Crippen molar-refractivity contribution in [1.82, 2.24) is 9.78 Å². The lowest BCUT2D eigenvalue weighted by Crippen LogP contribution is -2.24. The van der Waals surface area contributed by atoms with Crippen molar-refractivity contribution < 1.29 is 4.39 Å². The number of nitrogens with two attached hydrogens (primary N) is 1. The third-order valence-corrected chi connectivity index (χ3v) is 2.80. The number of nitrogens with zero attached hydrogens (tertiary/aromatic N) is 3. The van der Waals surface area contributed by atoms with Crippen molar-refractivity contribution in [2.75, 3.05) is 5.73 Å². The fraction of sp³-hybridized carbons (Fsp3) is 0.286. The maximum absolute atomic E-state index is 13.8. The summed E-state index contributed by atoms with van der Waals surface area (Å²) in [5, 5.41) is 13.5. The first-order valence-corrected chi connectivity index (χ1v) is 5.90. The molecule has 0 fully saturated rings. The van der Waals surface area contributed by atoms with E-state index in [1.165, 1.54) is 6.07 Å². The first-order chi connectivity index (χ1) is 8.86. The molecule has 0 spiro atoms. The molecule has 0 unspecified atom stereocenters. The molecule has 0 aliphatic rings. The number of hydrogen-bond acceptors (Lipinski definition) is 3. The van der Waals surface area contributed by atoms with E-state index in [-0.39, 0.29) is 28.2 Å². The van der Waals surface area contributed by atoms with Crippen molar-refractivity contribution >= 4 is 5.82 Å². The lowest BCUT2D eigenvalue weighted by Gasteiger charge is -2.20. The normalized spacial score (nSPS) is 11.3. The van der Waals surface area contributed by atoms with Gasteiger partial charge in [0.25, 0.3) is 0 Å². The van der Waals surface area contributed by atoms with E-state index < -0.39 is 5.82 Å². The van der Waals surface area contributed by atoms with Crippen LogP contribution < -0.4 is 5.73 Å². The largest absolute Gasteiger partial charge is 0.383 e. The number of halogens is 1. The fourth-order valence-electron chi connectivity index (χ4n) is 1.89. The molecule has 2 N–H and O–H groups in total. The number of anilines is 1. The second-order valence-corrected chi connectivity index (χ2v) is 5.28. The Balaban J connectivity index is 2.73. The Morgan fingerprint density at radius 2 is 1.95 bits per heavy atom. The minimum absolute atomic E-state index is 0.208. The van der Waals surface area contributed by atoms with Gasteiger partial charge in [-0.05, 0) is 32.9 Å². The average Bonchev–Trinajstić information content (AvgIpc) is 2.66. The van der Waals surface area contributed by atoms with Crippen molar-refractivity contribution in [2.24, 2.45) is 0 Å². The van der Waals surface area contributed by atoms with Gasteiger partial charge in [0.05, 0.1) is 5.54 Å². The molecule has 2 aromatic rings. The zero-order chi connectivity index (χ0) is 14.2. The SMILES string of the molecule is CC(C)(C)n1nc(-c2ccccc2F)c(C#N)c1N. The van der Waals surface area contributed by atoms with E-state index in [1.807, 2.05) is 26.8 Å². The van der Waals surface area contributed by atoms with Gasteiger partial charge in [-0.25, -0.2) is 9.07 Å². The van der Waals surface area contributed by atoms with E-state index in [0.29, 0.717) is 0 Å². The van der Waals surface area contributed by atoms with E-state index in [0.717, 1.165) is 0 Å². The zero-order valence-electron chi connectivity index (χ0n) is 11.1. The monoisotopic (exact) mass is 258 g/mol. The van der Waals surface area contributed by atoms with Gasteiger partial charge in [-0.1, -0.05) is 12.1 Å². The molecule has 0 bridgehead atoms. The summed E-state index contributed by atoms with van der Waals surface area (Å²) in [6.07, 6.45) is 0. The standard InChI is InChI=1S/C14H15FN4/c1-14(2,3)19-13(17)10(8-16)12(18-19)9-6-4-5-7-11(9)15/h4-7H,17H2,1-3H3. The molecule has 4 nitrogen and oxygen atoms in total. The summed E-state index contributed by atoms with van der Waals surface area (Å²) in [6.45, 7) is 5.76. The molecule has 19 heavy (non-hydrogen) atoms. The van der Waals surface area contributed by atoms with Crippen molar-refractivity contribution in [3.05, 3.63) is 35.6 Å². The van der Waals surface area contributed by atoms with E-state index >= 15 is 0 Å². The zero-order valence-corrected chi connectivity index (χ0v) is 11.1. The maximum Gasteiger partial charge on any atom is 0.141 e.